The van der Waals surface area contributed by atoms with Crippen LogP contribution in [0.25, 0.3) is 22.2 Å². The zero-order chi connectivity index (χ0) is 12.5. The van der Waals surface area contributed by atoms with Gasteiger partial charge in [0.25, 0.3) is 0 Å². The van der Waals surface area contributed by atoms with Crippen molar-refractivity contribution in [3.63, 3.8) is 0 Å². The SMILES string of the molecule is O=Cc1ccccc1-c1noc2cccc(Br)c12. The van der Waals surface area contributed by atoms with Gasteiger partial charge in [0.05, 0.1) is 5.39 Å². The monoisotopic (exact) mass is 301 g/mol. The van der Waals surface area contributed by atoms with E-state index in [1.54, 1.807) is 6.07 Å². The van der Waals surface area contributed by atoms with Crippen LogP contribution in [-0.4, -0.2) is 11.4 Å². The summed E-state index contributed by atoms with van der Waals surface area (Å²) in [6.45, 7) is 0. The van der Waals surface area contributed by atoms with Gasteiger partial charge in [0.1, 0.15) is 5.69 Å². The number of aromatic nitrogens is 1. The van der Waals surface area contributed by atoms with Crippen LogP contribution in [0.15, 0.2) is 51.5 Å². The summed E-state index contributed by atoms with van der Waals surface area (Å²) in [5.74, 6) is 0. The average molecular weight is 302 g/mol. The Labute approximate surface area is 112 Å². The lowest BCUT2D eigenvalue weighted by Crippen LogP contribution is -1.87. The number of fused-ring (bicyclic) bond motifs is 1. The summed E-state index contributed by atoms with van der Waals surface area (Å²) in [5, 5.41) is 4.95. The molecule has 3 rings (SSSR count). The minimum Gasteiger partial charge on any atom is -0.356 e. The summed E-state index contributed by atoms with van der Waals surface area (Å²) in [7, 11) is 0. The summed E-state index contributed by atoms with van der Waals surface area (Å²) in [5.41, 5.74) is 2.75. The van der Waals surface area contributed by atoms with E-state index in [4.69, 9.17) is 4.52 Å². The highest BCUT2D eigenvalue weighted by molar-refractivity contribution is 9.10. The lowest BCUT2D eigenvalue weighted by molar-refractivity contribution is 0.112. The summed E-state index contributed by atoms with van der Waals surface area (Å²) in [6, 6.07) is 13.0. The highest BCUT2D eigenvalue weighted by Crippen LogP contribution is 2.34. The Bertz CT molecular complexity index is 733. The quantitative estimate of drug-likeness (QED) is 0.670. The number of aldehydes is 1. The van der Waals surface area contributed by atoms with E-state index < -0.39 is 0 Å². The molecule has 0 aliphatic heterocycles. The fourth-order valence-corrected chi connectivity index (χ4v) is 2.49. The van der Waals surface area contributed by atoms with Crippen LogP contribution in [0.4, 0.5) is 0 Å². The Morgan fingerprint density at radius 2 is 1.94 bits per heavy atom. The van der Waals surface area contributed by atoms with E-state index in [2.05, 4.69) is 21.1 Å². The van der Waals surface area contributed by atoms with E-state index in [9.17, 15) is 4.79 Å². The maximum atomic E-state index is 11.1. The number of halogens is 1. The molecule has 2 aromatic carbocycles. The van der Waals surface area contributed by atoms with Crippen molar-refractivity contribution in [1.82, 2.24) is 5.16 Å². The van der Waals surface area contributed by atoms with Crippen LogP contribution in [0.5, 0.6) is 0 Å². The summed E-state index contributed by atoms with van der Waals surface area (Å²) < 4.78 is 6.19. The van der Waals surface area contributed by atoms with Gasteiger partial charge in [0, 0.05) is 15.6 Å². The van der Waals surface area contributed by atoms with Gasteiger partial charge in [-0.2, -0.15) is 0 Å². The molecule has 3 nitrogen and oxygen atoms in total. The Morgan fingerprint density at radius 3 is 2.78 bits per heavy atom. The van der Waals surface area contributed by atoms with Crippen molar-refractivity contribution in [2.24, 2.45) is 0 Å². The van der Waals surface area contributed by atoms with Crippen molar-refractivity contribution in [2.45, 2.75) is 0 Å². The maximum Gasteiger partial charge on any atom is 0.168 e. The second kappa shape index (κ2) is 4.38. The van der Waals surface area contributed by atoms with Crippen molar-refractivity contribution in [2.75, 3.05) is 0 Å². The molecule has 3 aromatic rings. The molecule has 0 amide bonds. The fourth-order valence-electron chi connectivity index (χ4n) is 1.95. The molecular formula is C14H8BrNO2. The zero-order valence-corrected chi connectivity index (χ0v) is 10.8. The molecule has 0 unspecified atom stereocenters. The minimum absolute atomic E-state index is 0.600. The molecule has 0 aliphatic rings. The van der Waals surface area contributed by atoms with Gasteiger partial charge in [-0.05, 0) is 28.1 Å². The number of hydrogen-bond donors (Lipinski definition) is 0. The number of rotatable bonds is 2. The van der Waals surface area contributed by atoms with Gasteiger partial charge in [0.2, 0.25) is 0 Å². The molecular weight excluding hydrogens is 294 g/mol. The zero-order valence-electron chi connectivity index (χ0n) is 9.26. The van der Waals surface area contributed by atoms with Crippen LogP contribution >= 0.6 is 15.9 Å². The molecule has 0 atom stereocenters. The molecule has 0 saturated carbocycles. The lowest BCUT2D eigenvalue weighted by atomic mass is 10.0. The molecule has 0 N–H and O–H groups in total. The number of hydrogen-bond acceptors (Lipinski definition) is 3. The molecule has 18 heavy (non-hydrogen) atoms. The normalized spacial score (nSPS) is 10.7. The van der Waals surface area contributed by atoms with Gasteiger partial charge in [-0.25, -0.2) is 0 Å². The van der Waals surface area contributed by atoms with Crippen LogP contribution in [0, 0.1) is 0 Å². The predicted octanol–water partition coefficient (Wildman–Crippen LogP) is 4.07. The Balaban J connectivity index is 2.35. The van der Waals surface area contributed by atoms with Gasteiger partial charge in [-0.15, -0.1) is 0 Å². The Kier molecular flexibility index (Phi) is 2.72. The van der Waals surface area contributed by atoms with E-state index >= 15 is 0 Å². The van der Waals surface area contributed by atoms with Gasteiger partial charge in [0.15, 0.2) is 11.9 Å². The van der Waals surface area contributed by atoms with Crippen molar-refractivity contribution in [3.05, 3.63) is 52.5 Å². The van der Waals surface area contributed by atoms with Gasteiger partial charge in [-0.1, -0.05) is 35.5 Å². The molecule has 1 aromatic heterocycles. The average Bonchev–Trinajstić information content (AvgIpc) is 2.84. The van der Waals surface area contributed by atoms with Crippen molar-refractivity contribution < 1.29 is 9.32 Å². The minimum atomic E-state index is 0.600. The van der Waals surface area contributed by atoms with Gasteiger partial charge < -0.3 is 4.52 Å². The number of benzene rings is 2. The highest BCUT2D eigenvalue weighted by atomic mass is 79.9. The molecule has 0 bridgehead atoms. The molecule has 0 aliphatic carbocycles. The number of carbonyl (C=O) groups is 1. The fraction of sp³-hybridized carbons (Fsp3) is 0. The molecule has 0 radical (unpaired) electrons. The topological polar surface area (TPSA) is 43.1 Å². The standard InChI is InChI=1S/C14H8BrNO2/c15-11-6-3-7-12-13(11)14(16-18-12)10-5-2-1-4-9(10)8-17/h1-8H. The third-order valence-corrected chi connectivity index (χ3v) is 3.45. The molecule has 0 fully saturated rings. The van der Waals surface area contributed by atoms with Crippen molar-refractivity contribution in [3.8, 4) is 11.3 Å². The van der Waals surface area contributed by atoms with E-state index in [0.29, 0.717) is 16.8 Å². The molecule has 0 saturated heterocycles. The van der Waals surface area contributed by atoms with E-state index in [0.717, 1.165) is 21.7 Å². The lowest BCUT2D eigenvalue weighted by Gasteiger charge is -2.01. The first-order valence-electron chi connectivity index (χ1n) is 5.40. The van der Waals surface area contributed by atoms with Crippen molar-refractivity contribution in [1.29, 1.82) is 0 Å². The highest BCUT2D eigenvalue weighted by Gasteiger charge is 2.15. The van der Waals surface area contributed by atoms with Crippen LogP contribution in [-0.2, 0) is 0 Å². The number of carbonyl (C=O) groups excluding carboxylic acids is 1. The molecule has 1 heterocycles. The van der Waals surface area contributed by atoms with Crippen LogP contribution in [0.2, 0.25) is 0 Å². The van der Waals surface area contributed by atoms with E-state index in [1.807, 2.05) is 36.4 Å². The summed E-state index contributed by atoms with van der Waals surface area (Å²) in [6.07, 6.45) is 0.826. The van der Waals surface area contributed by atoms with E-state index in [1.165, 1.54) is 0 Å². The third kappa shape index (κ3) is 1.66. The van der Waals surface area contributed by atoms with Gasteiger partial charge in [-0.3, -0.25) is 4.79 Å². The van der Waals surface area contributed by atoms with Gasteiger partial charge >= 0.3 is 0 Å². The predicted molar refractivity (Wildman–Crippen MR) is 72.5 cm³/mol. The Hall–Kier alpha value is -1.94. The molecule has 88 valence electrons. The largest absolute Gasteiger partial charge is 0.356 e. The third-order valence-electron chi connectivity index (χ3n) is 2.79. The second-order valence-electron chi connectivity index (χ2n) is 3.85. The first kappa shape index (κ1) is 11.2. The first-order valence-corrected chi connectivity index (χ1v) is 6.19. The first-order chi connectivity index (χ1) is 8.81. The van der Waals surface area contributed by atoms with Crippen molar-refractivity contribution >= 4 is 33.2 Å². The molecule has 0 spiro atoms. The smallest absolute Gasteiger partial charge is 0.168 e. The van der Waals surface area contributed by atoms with Crippen LogP contribution in [0.1, 0.15) is 10.4 Å². The Morgan fingerprint density at radius 1 is 1.11 bits per heavy atom. The van der Waals surface area contributed by atoms with E-state index in [-0.39, 0.29) is 0 Å². The summed E-state index contributed by atoms with van der Waals surface area (Å²) in [4.78, 5) is 11.1. The summed E-state index contributed by atoms with van der Waals surface area (Å²) >= 11 is 3.48. The van der Waals surface area contributed by atoms with Crippen LogP contribution in [0.3, 0.4) is 0 Å². The van der Waals surface area contributed by atoms with Crippen LogP contribution < -0.4 is 0 Å². The second-order valence-corrected chi connectivity index (χ2v) is 4.70. The number of nitrogens with zero attached hydrogens (tertiary/aromatic N) is 1. The maximum absolute atomic E-state index is 11.1. The molecule has 4 heteroatoms.